The average molecular weight is 947 g/mol. The highest BCUT2D eigenvalue weighted by molar-refractivity contribution is 7.96. The van der Waals surface area contributed by atoms with Gasteiger partial charge in [0.15, 0.2) is 46.5 Å². The molecule has 4 aliphatic carbocycles. The number of benzene rings is 5. The van der Waals surface area contributed by atoms with Crippen molar-refractivity contribution in [2.75, 3.05) is 11.5 Å². The third kappa shape index (κ3) is 7.42. The molecular weight excluding hydrogens is 911 g/mol. The van der Waals surface area contributed by atoms with Crippen molar-refractivity contribution in [3.05, 3.63) is 151 Å². The number of halogens is 16. The van der Waals surface area contributed by atoms with Gasteiger partial charge in [-0.1, -0.05) is 30.3 Å². The molecule has 0 spiro atoms. The van der Waals surface area contributed by atoms with Crippen molar-refractivity contribution in [3.8, 4) is 0 Å². The third-order valence-electron chi connectivity index (χ3n) is 13.3. The minimum atomic E-state index is -6.56. The van der Waals surface area contributed by atoms with Crippen LogP contribution in [0.2, 0.25) is 0 Å². The van der Waals surface area contributed by atoms with Crippen molar-refractivity contribution in [2.45, 2.75) is 93.6 Å². The van der Waals surface area contributed by atoms with Crippen LogP contribution in [0.25, 0.3) is 0 Å². The van der Waals surface area contributed by atoms with Gasteiger partial charge in [0.25, 0.3) is 0 Å². The van der Waals surface area contributed by atoms with Crippen molar-refractivity contribution >= 4 is 38.9 Å². The van der Waals surface area contributed by atoms with E-state index < -0.39 is 167 Å². The zero-order valence-corrected chi connectivity index (χ0v) is 34.7. The first-order valence-electron chi connectivity index (χ1n) is 21.2. The van der Waals surface area contributed by atoms with Crippen LogP contribution < -0.4 is 21.9 Å². The van der Waals surface area contributed by atoms with E-state index in [9.17, 15) is 0 Å². The molecule has 4 saturated carbocycles. The van der Waals surface area contributed by atoms with Crippen LogP contribution in [0.5, 0.6) is 0 Å². The molecule has 5 aliphatic rings. The van der Waals surface area contributed by atoms with Gasteiger partial charge < -0.3 is 0 Å². The minimum absolute atomic E-state index is 0.130. The fourth-order valence-corrected chi connectivity index (χ4v) is 12.0. The zero-order chi connectivity index (χ0) is 46.5. The zero-order valence-electron chi connectivity index (χ0n) is 33.9. The van der Waals surface area contributed by atoms with Gasteiger partial charge in [-0.2, -0.15) is 0 Å². The second-order valence-corrected chi connectivity index (χ2v) is 20.0. The van der Waals surface area contributed by atoms with Gasteiger partial charge in [-0.25, -0.2) is 70.2 Å². The molecule has 5 fully saturated rings. The predicted molar refractivity (Wildman–Crippen MR) is 214 cm³/mol. The first-order chi connectivity index (χ1) is 30.9. The normalized spacial score (nSPS) is 17.8. The molecule has 65 heavy (non-hydrogen) atoms. The van der Waals surface area contributed by atoms with Crippen molar-refractivity contribution in [2.24, 2.45) is 0 Å². The monoisotopic (exact) mass is 946 g/mol. The van der Waals surface area contributed by atoms with E-state index in [1.54, 1.807) is 0 Å². The molecule has 0 aromatic heterocycles. The average Bonchev–Trinajstić information content (AvgIpc) is 4.04. The molecule has 0 radical (unpaired) electrons. The van der Waals surface area contributed by atoms with Crippen molar-refractivity contribution in [3.63, 3.8) is 0 Å². The second kappa shape index (κ2) is 16.9. The van der Waals surface area contributed by atoms with E-state index in [4.69, 9.17) is 0 Å². The topological polar surface area (TPSA) is 0 Å². The van der Waals surface area contributed by atoms with Crippen molar-refractivity contribution in [1.82, 2.24) is 0 Å². The smallest absolute Gasteiger partial charge is 0.162 e. The maximum atomic E-state index is 16.6. The molecule has 1 saturated heterocycles. The van der Waals surface area contributed by atoms with E-state index in [0.717, 1.165) is 10.9 Å². The highest BCUT2D eigenvalue weighted by Gasteiger charge is 2.54. The largest absolute Gasteiger partial charge is 0.207 e. The Morgan fingerprint density at radius 2 is 0.569 bits per heavy atom. The summed E-state index contributed by atoms with van der Waals surface area (Å²) in [7, 11) is 0.722. The van der Waals surface area contributed by atoms with Crippen LogP contribution in [0, 0.1) is 93.1 Å². The fraction of sp³-hybridized carbons (Fsp3) is 0.362. The molecule has 18 heteroatoms. The molecule has 344 valence electrons. The molecule has 0 nitrogen and oxygen atoms in total. The van der Waals surface area contributed by atoms with E-state index in [2.05, 4.69) is 30.3 Å². The Balaban J connectivity index is 0.000000383. The quantitative estimate of drug-likeness (QED) is 0.0566. The summed E-state index contributed by atoms with van der Waals surface area (Å²) < 4.78 is 260. The van der Waals surface area contributed by atoms with Crippen LogP contribution in [-0.2, 0) is 16.6 Å². The lowest BCUT2D eigenvalue weighted by Crippen LogP contribution is -2.81. The summed E-state index contributed by atoms with van der Waals surface area (Å²) in [5.74, 6) is -44.8. The highest BCUT2D eigenvalue weighted by Crippen LogP contribution is 2.48. The molecular formula is C47H35BF16S. The Hall–Kier alpha value is -4.61. The first-order valence-corrected chi connectivity index (χ1v) is 23.0. The van der Waals surface area contributed by atoms with E-state index in [0.29, 0.717) is 0 Å². The lowest BCUT2D eigenvalue weighted by molar-refractivity contribution is 0.438. The van der Waals surface area contributed by atoms with Gasteiger partial charge in [0.1, 0.15) is 69.9 Å². The third-order valence-corrected chi connectivity index (χ3v) is 15.8. The Bertz CT molecular complexity index is 2320. The molecule has 0 atom stereocenters. The number of rotatable bonds is 10. The maximum Gasteiger partial charge on any atom is 0.162 e. The molecule has 1 aliphatic heterocycles. The summed E-state index contributed by atoms with van der Waals surface area (Å²) in [5, 5.41) is 0. The van der Waals surface area contributed by atoms with E-state index >= 15 is 70.2 Å². The number of hydrogen-bond donors (Lipinski definition) is 0. The predicted octanol–water partition coefficient (Wildman–Crippen LogP) is 11.4. The second-order valence-electron chi connectivity index (χ2n) is 17.7. The van der Waals surface area contributed by atoms with Gasteiger partial charge in [0.2, 0.25) is 0 Å². The molecule has 1 heterocycles. The summed E-state index contributed by atoms with van der Waals surface area (Å²) in [6.45, 7) is 0. The SMILES string of the molecule is Fc1c(F)c([B-](c2c(F)c(F)c(C3CC3)c(F)c2F)(c2c(F)c(F)c(C3CC3)c(F)c2F)c2c(F)c(F)c(C3CC3)c(F)c2F)c(F)c(F)c1C1CC1.c1ccc(C[S+]2CCCC2)cc1. The molecule has 0 amide bonds. The van der Waals surface area contributed by atoms with E-state index in [1.165, 1.54) is 35.7 Å². The summed E-state index contributed by atoms with van der Waals surface area (Å²) in [6.07, 6.45) is -4.66. The van der Waals surface area contributed by atoms with Gasteiger partial charge in [0, 0.05) is 27.8 Å². The van der Waals surface area contributed by atoms with Gasteiger partial charge in [0.05, 0.1) is 0 Å². The van der Waals surface area contributed by atoms with Crippen LogP contribution in [0.1, 0.15) is 116 Å². The Morgan fingerprint density at radius 1 is 0.338 bits per heavy atom. The molecule has 0 bridgehead atoms. The van der Waals surface area contributed by atoms with Gasteiger partial charge in [-0.15, -0.1) is 21.9 Å². The molecule has 5 aromatic rings. The van der Waals surface area contributed by atoms with Crippen LogP contribution >= 0.6 is 0 Å². The van der Waals surface area contributed by atoms with Crippen molar-refractivity contribution in [1.29, 1.82) is 0 Å². The Labute approximate surface area is 364 Å². The summed E-state index contributed by atoms with van der Waals surface area (Å²) in [6, 6.07) is 10.9. The molecule has 5 aromatic carbocycles. The number of hydrogen-bond acceptors (Lipinski definition) is 0. The standard InChI is InChI=1S/C36H20BF16.C11H15S/c38-21-13(9-1-2-9)22(39)30(47)17(29(21)46)37(18-31(48)23(40)14(10-3-4-10)24(41)32(18)49,19-33(50)25(42)15(11-5-6-11)26(43)34(19)51)20-35(52)27(44)16(12-7-8-12)28(45)36(20)53;1-2-6-11(7-3-1)10-12-8-4-5-9-12/h9-12H,1-8H2;1-3,6-7H,4-5,8-10H2/q-1;+1. The summed E-state index contributed by atoms with van der Waals surface area (Å²) in [4.78, 5) is 0. The van der Waals surface area contributed by atoms with Crippen LogP contribution in [0.15, 0.2) is 30.3 Å². The van der Waals surface area contributed by atoms with Gasteiger partial charge in [-0.3, -0.25) is 0 Å². The van der Waals surface area contributed by atoms with Crippen LogP contribution in [0.4, 0.5) is 70.2 Å². The van der Waals surface area contributed by atoms with Gasteiger partial charge in [-0.05, 0) is 98.8 Å². The lowest BCUT2D eigenvalue weighted by atomic mass is 9.12. The van der Waals surface area contributed by atoms with Crippen LogP contribution in [-0.4, -0.2) is 17.7 Å². The first kappa shape index (κ1) is 45.5. The Kier molecular flexibility index (Phi) is 11.9. The van der Waals surface area contributed by atoms with E-state index in [1.807, 2.05) is 0 Å². The van der Waals surface area contributed by atoms with Gasteiger partial charge >= 0.3 is 0 Å². The summed E-state index contributed by atoms with van der Waals surface area (Å²) in [5.41, 5.74) is -15.7. The maximum absolute atomic E-state index is 16.6. The minimum Gasteiger partial charge on any atom is -0.207 e. The Morgan fingerprint density at radius 3 is 0.785 bits per heavy atom. The van der Waals surface area contributed by atoms with E-state index in [-0.39, 0.29) is 51.4 Å². The lowest BCUT2D eigenvalue weighted by Gasteiger charge is -2.45. The molecule has 0 N–H and O–H groups in total. The molecule has 0 unspecified atom stereocenters. The fourth-order valence-electron chi connectivity index (χ4n) is 9.64. The molecule has 10 rings (SSSR count). The highest BCUT2D eigenvalue weighted by atomic mass is 32.2. The van der Waals surface area contributed by atoms with Crippen LogP contribution in [0.3, 0.4) is 0 Å². The van der Waals surface area contributed by atoms with Crippen molar-refractivity contribution < 1.29 is 70.2 Å². The summed E-state index contributed by atoms with van der Waals surface area (Å²) >= 11 is 0.